The molecule has 2 atom stereocenters. The zero-order valence-corrected chi connectivity index (χ0v) is 23.2. The van der Waals surface area contributed by atoms with Crippen LogP contribution >= 0.6 is 11.3 Å². The maximum atomic E-state index is 14.0. The Morgan fingerprint density at radius 2 is 1.87 bits per heavy atom. The number of nitrogens with zero attached hydrogens (tertiary/aromatic N) is 2. The minimum absolute atomic E-state index is 0.0806. The Morgan fingerprint density at radius 1 is 1.16 bits per heavy atom. The summed E-state index contributed by atoms with van der Waals surface area (Å²) >= 11 is 1.53. The van der Waals surface area contributed by atoms with E-state index in [1.807, 2.05) is 12.3 Å². The molecule has 38 heavy (non-hydrogen) atoms. The summed E-state index contributed by atoms with van der Waals surface area (Å²) in [7, 11) is 0. The number of carbonyl (C=O) groups excluding carboxylic acids is 1. The SMILES string of the molecule is Cc1csc(C2(O)CCC(NC3CCC(C(=O)N4CCc5ccc(C(F)(F)F)cc5C4)(C(C)C)C3)CC2)n1. The number of aromatic nitrogens is 1. The lowest BCUT2D eigenvalue weighted by Crippen LogP contribution is -2.49. The van der Waals surface area contributed by atoms with Crippen LogP contribution in [0.4, 0.5) is 13.2 Å². The number of aliphatic hydroxyl groups is 1. The van der Waals surface area contributed by atoms with Crippen LogP contribution < -0.4 is 5.32 Å². The zero-order chi connectivity index (χ0) is 27.3. The van der Waals surface area contributed by atoms with Crippen molar-refractivity contribution in [3.63, 3.8) is 0 Å². The van der Waals surface area contributed by atoms with Gasteiger partial charge in [-0.3, -0.25) is 4.79 Å². The van der Waals surface area contributed by atoms with Gasteiger partial charge in [0.1, 0.15) is 10.6 Å². The van der Waals surface area contributed by atoms with Gasteiger partial charge >= 0.3 is 6.18 Å². The number of amides is 1. The highest BCUT2D eigenvalue weighted by Crippen LogP contribution is 2.47. The Hall–Kier alpha value is -1.97. The molecule has 2 heterocycles. The predicted octanol–water partition coefficient (Wildman–Crippen LogP) is 5.97. The quantitative estimate of drug-likeness (QED) is 0.482. The number of carbonyl (C=O) groups is 1. The van der Waals surface area contributed by atoms with Crippen molar-refractivity contribution < 1.29 is 23.1 Å². The Kier molecular flexibility index (Phi) is 7.41. The van der Waals surface area contributed by atoms with Gasteiger partial charge in [0.25, 0.3) is 0 Å². The summed E-state index contributed by atoms with van der Waals surface area (Å²) in [6, 6.07) is 4.43. The first-order chi connectivity index (χ1) is 17.9. The fourth-order valence-electron chi connectivity index (χ4n) is 6.78. The summed E-state index contributed by atoms with van der Waals surface area (Å²) in [6.07, 6.45) is 1.68. The van der Waals surface area contributed by atoms with E-state index >= 15 is 0 Å². The van der Waals surface area contributed by atoms with E-state index in [2.05, 4.69) is 24.1 Å². The zero-order valence-electron chi connectivity index (χ0n) is 22.4. The molecule has 0 saturated heterocycles. The lowest BCUT2D eigenvalue weighted by Gasteiger charge is -2.40. The molecule has 0 radical (unpaired) electrons. The van der Waals surface area contributed by atoms with E-state index in [0.717, 1.165) is 54.4 Å². The Morgan fingerprint density at radius 3 is 2.50 bits per heavy atom. The first-order valence-corrected chi connectivity index (χ1v) is 14.7. The van der Waals surface area contributed by atoms with Gasteiger partial charge in [-0.05, 0) is 87.5 Å². The number of alkyl halides is 3. The van der Waals surface area contributed by atoms with Crippen LogP contribution in [0.25, 0.3) is 0 Å². The average Bonchev–Trinajstić information content (AvgIpc) is 3.51. The summed E-state index contributed by atoms with van der Waals surface area (Å²) in [4.78, 5) is 20.3. The standard InChI is InChI=1S/C29H38F3N3O2S/c1-18(2)27(26(36)35-13-9-20-4-5-22(29(30,31)32)14-21(20)16-35)10-6-24(15-27)34-23-7-11-28(37,12-8-23)25-33-19(3)17-38-25/h4-5,14,17-18,23-24,34,37H,6-13,15-16H2,1-3H3. The van der Waals surface area contributed by atoms with Crippen LogP contribution in [0.15, 0.2) is 23.6 Å². The van der Waals surface area contributed by atoms with E-state index in [0.29, 0.717) is 37.4 Å². The molecule has 2 N–H and O–H groups in total. The third-order valence-corrected chi connectivity index (χ3v) is 10.4. The van der Waals surface area contributed by atoms with Gasteiger partial charge in [0.05, 0.1) is 11.0 Å². The van der Waals surface area contributed by atoms with E-state index in [1.54, 1.807) is 11.0 Å². The molecule has 2 aromatic rings. The van der Waals surface area contributed by atoms with Crippen LogP contribution in [0.1, 0.15) is 86.2 Å². The Balaban J connectivity index is 1.23. The molecule has 208 valence electrons. The smallest absolute Gasteiger partial charge is 0.383 e. The van der Waals surface area contributed by atoms with Gasteiger partial charge in [0.15, 0.2) is 0 Å². The van der Waals surface area contributed by atoms with Gasteiger partial charge < -0.3 is 15.3 Å². The highest BCUT2D eigenvalue weighted by Gasteiger charge is 2.50. The fourth-order valence-corrected chi connectivity index (χ4v) is 7.74. The Labute approximate surface area is 226 Å². The van der Waals surface area contributed by atoms with Crippen molar-refractivity contribution in [2.24, 2.45) is 11.3 Å². The minimum Gasteiger partial charge on any atom is -0.383 e. The predicted molar refractivity (Wildman–Crippen MR) is 142 cm³/mol. The third kappa shape index (κ3) is 5.26. The summed E-state index contributed by atoms with van der Waals surface area (Å²) in [6.45, 7) is 6.91. The molecule has 1 aliphatic heterocycles. The van der Waals surface area contributed by atoms with Gasteiger partial charge in [0.2, 0.25) is 5.91 Å². The van der Waals surface area contributed by atoms with Crippen LogP contribution in [-0.4, -0.2) is 39.5 Å². The van der Waals surface area contributed by atoms with E-state index < -0.39 is 22.8 Å². The number of nitrogens with one attached hydrogen (secondary N) is 1. The normalized spacial score (nSPS) is 30.1. The molecule has 2 unspecified atom stereocenters. The van der Waals surface area contributed by atoms with Crippen LogP contribution in [0.3, 0.4) is 0 Å². The van der Waals surface area contributed by atoms with E-state index in [-0.39, 0.29) is 24.4 Å². The second kappa shape index (κ2) is 10.2. The summed E-state index contributed by atoms with van der Waals surface area (Å²) in [5.41, 5.74) is 0.440. The Bertz CT molecular complexity index is 1170. The number of rotatable bonds is 5. The molecule has 2 saturated carbocycles. The maximum Gasteiger partial charge on any atom is 0.416 e. The maximum absolute atomic E-state index is 14.0. The molecule has 1 aromatic heterocycles. The molecular formula is C29H38F3N3O2S. The van der Waals surface area contributed by atoms with E-state index in [4.69, 9.17) is 0 Å². The molecule has 5 rings (SSSR count). The second-order valence-corrected chi connectivity index (χ2v) is 12.8. The molecule has 1 aromatic carbocycles. The number of aryl methyl sites for hydroxylation is 1. The minimum atomic E-state index is -4.39. The average molecular weight is 550 g/mol. The molecule has 9 heteroatoms. The van der Waals surface area contributed by atoms with Crippen LogP contribution in [-0.2, 0) is 29.5 Å². The fraction of sp³-hybridized carbons (Fsp3) is 0.655. The number of benzene rings is 1. The first-order valence-electron chi connectivity index (χ1n) is 13.8. The number of halogens is 3. The summed E-state index contributed by atoms with van der Waals surface area (Å²) in [5, 5.41) is 17.7. The van der Waals surface area contributed by atoms with Crippen molar-refractivity contribution in [2.45, 2.75) is 103 Å². The van der Waals surface area contributed by atoms with E-state index in [9.17, 15) is 23.1 Å². The lowest BCUT2D eigenvalue weighted by atomic mass is 9.73. The third-order valence-electron chi connectivity index (χ3n) is 9.21. The number of thiazole rings is 1. The lowest BCUT2D eigenvalue weighted by molar-refractivity contribution is -0.145. The largest absolute Gasteiger partial charge is 0.416 e. The topological polar surface area (TPSA) is 65.5 Å². The van der Waals surface area contributed by atoms with Gasteiger partial charge in [-0.1, -0.05) is 19.9 Å². The highest BCUT2D eigenvalue weighted by molar-refractivity contribution is 7.09. The molecule has 2 fully saturated rings. The van der Waals surface area contributed by atoms with Gasteiger partial charge in [0, 0.05) is 36.2 Å². The molecule has 0 bridgehead atoms. The molecule has 3 aliphatic rings. The highest BCUT2D eigenvalue weighted by atomic mass is 32.1. The van der Waals surface area contributed by atoms with Crippen molar-refractivity contribution in [1.29, 1.82) is 0 Å². The van der Waals surface area contributed by atoms with Crippen molar-refractivity contribution in [1.82, 2.24) is 15.2 Å². The number of hydrogen-bond donors (Lipinski definition) is 2. The van der Waals surface area contributed by atoms with Crippen LogP contribution in [0.2, 0.25) is 0 Å². The van der Waals surface area contributed by atoms with Crippen molar-refractivity contribution >= 4 is 17.2 Å². The number of hydrogen-bond acceptors (Lipinski definition) is 5. The summed E-state index contributed by atoms with van der Waals surface area (Å²) in [5.74, 6) is 0.214. The van der Waals surface area contributed by atoms with E-state index in [1.165, 1.54) is 17.4 Å². The summed E-state index contributed by atoms with van der Waals surface area (Å²) < 4.78 is 39.9. The number of fused-ring (bicyclic) bond motifs is 1. The first kappa shape index (κ1) is 27.6. The monoisotopic (exact) mass is 549 g/mol. The van der Waals surface area contributed by atoms with Crippen molar-refractivity contribution in [3.8, 4) is 0 Å². The van der Waals surface area contributed by atoms with Crippen molar-refractivity contribution in [2.75, 3.05) is 6.54 Å². The molecule has 2 aliphatic carbocycles. The van der Waals surface area contributed by atoms with Gasteiger partial charge in [-0.2, -0.15) is 13.2 Å². The van der Waals surface area contributed by atoms with Gasteiger partial charge in [-0.25, -0.2) is 4.98 Å². The second-order valence-electron chi connectivity index (χ2n) is 12.0. The van der Waals surface area contributed by atoms with Crippen LogP contribution in [0, 0.1) is 18.3 Å². The van der Waals surface area contributed by atoms with Gasteiger partial charge in [-0.15, -0.1) is 11.3 Å². The molecule has 1 amide bonds. The van der Waals surface area contributed by atoms with Crippen molar-refractivity contribution in [3.05, 3.63) is 51.0 Å². The molecule has 0 spiro atoms. The molecule has 5 nitrogen and oxygen atoms in total. The molecular weight excluding hydrogens is 511 g/mol. The van der Waals surface area contributed by atoms with Crippen LogP contribution in [0.5, 0.6) is 0 Å².